The first kappa shape index (κ1) is 21.4. The number of ether oxygens (including phenoxy) is 1. The molecule has 0 aromatic heterocycles. The summed E-state index contributed by atoms with van der Waals surface area (Å²) in [6, 6.07) is 7.70. The highest BCUT2D eigenvalue weighted by Gasteiger charge is 2.22. The molecule has 0 bridgehead atoms. The molecule has 0 spiro atoms. The summed E-state index contributed by atoms with van der Waals surface area (Å²) in [5.41, 5.74) is 1.33. The van der Waals surface area contributed by atoms with Gasteiger partial charge in [-0.25, -0.2) is 4.79 Å². The van der Waals surface area contributed by atoms with Crippen LogP contribution in [0.25, 0.3) is 0 Å². The molecular formula is C22H34N2O3. The van der Waals surface area contributed by atoms with Crippen molar-refractivity contribution in [2.75, 3.05) is 13.1 Å². The van der Waals surface area contributed by atoms with Crippen molar-refractivity contribution in [2.24, 2.45) is 5.18 Å². The van der Waals surface area contributed by atoms with Crippen molar-refractivity contribution in [1.29, 1.82) is 0 Å². The molecule has 1 amide bonds. The minimum absolute atomic E-state index is 0.187. The lowest BCUT2D eigenvalue weighted by atomic mass is 9.88. The van der Waals surface area contributed by atoms with Gasteiger partial charge >= 0.3 is 6.09 Å². The van der Waals surface area contributed by atoms with Gasteiger partial charge < -0.3 is 9.64 Å². The van der Waals surface area contributed by atoms with Crippen molar-refractivity contribution in [2.45, 2.75) is 83.7 Å². The van der Waals surface area contributed by atoms with Crippen molar-refractivity contribution in [3.8, 4) is 0 Å². The summed E-state index contributed by atoms with van der Waals surface area (Å²) in [6.45, 7) is 7.29. The van der Waals surface area contributed by atoms with E-state index in [2.05, 4.69) is 5.18 Å². The second-order valence-electron chi connectivity index (χ2n) is 8.55. The minimum atomic E-state index is -0.450. The number of hydrogen-bond donors (Lipinski definition) is 0. The first-order valence-corrected chi connectivity index (χ1v) is 10.3. The molecular weight excluding hydrogens is 340 g/mol. The van der Waals surface area contributed by atoms with E-state index in [1.54, 1.807) is 0 Å². The summed E-state index contributed by atoms with van der Waals surface area (Å²) in [6.07, 6.45) is 8.73. The average Bonchev–Trinajstić information content (AvgIpc) is 2.61. The van der Waals surface area contributed by atoms with Gasteiger partial charge in [-0.1, -0.05) is 37.8 Å². The van der Waals surface area contributed by atoms with E-state index in [4.69, 9.17) is 4.74 Å². The van der Waals surface area contributed by atoms with Crippen LogP contribution in [-0.2, 0) is 4.74 Å². The first-order chi connectivity index (χ1) is 12.9. The number of amides is 1. The number of carbonyl (C=O) groups is 1. The summed E-state index contributed by atoms with van der Waals surface area (Å²) in [4.78, 5) is 25.0. The van der Waals surface area contributed by atoms with Crippen LogP contribution >= 0.6 is 0 Å². The van der Waals surface area contributed by atoms with Crippen molar-refractivity contribution >= 4 is 11.8 Å². The Morgan fingerprint density at radius 3 is 2.11 bits per heavy atom. The van der Waals surface area contributed by atoms with Crippen LogP contribution in [0.1, 0.15) is 83.6 Å². The summed E-state index contributed by atoms with van der Waals surface area (Å²) < 4.78 is 5.57. The molecule has 2 rings (SSSR count). The van der Waals surface area contributed by atoms with Crippen LogP contribution in [0.2, 0.25) is 0 Å². The van der Waals surface area contributed by atoms with Gasteiger partial charge in [-0.3, -0.25) is 0 Å². The number of rotatable bonds is 2. The van der Waals surface area contributed by atoms with Gasteiger partial charge in [-0.15, -0.1) is 4.91 Å². The fourth-order valence-corrected chi connectivity index (χ4v) is 3.65. The van der Waals surface area contributed by atoms with Crippen LogP contribution in [0.4, 0.5) is 10.5 Å². The van der Waals surface area contributed by atoms with Crippen molar-refractivity contribution in [3.05, 3.63) is 34.7 Å². The SMILES string of the molecule is CC(C)(C)OC(=O)N1CCCCCCC(c2ccc(N=O)cc2)CCCC1. The summed E-state index contributed by atoms with van der Waals surface area (Å²) >= 11 is 0. The maximum Gasteiger partial charge on any atom is 0.410 e. The minimum Gasteiger partial charge on any atom is -0.444 e. The van der Waals surface area contributed by atoms with Crippen molar-refractivity contribution in [3.63, 3.8) is 0 Å². The second-order valence-corrected chi connectivity index (χ2v) is 8.55. The molecule has 27 heavy (non-hydrogen) atoms. The molecule has 1 saturated heterocycles. The van der Waals surface area contributed by atoms with Crippen LogP contribution in [-0.4, -0.2) is 29.7 Å². The van der Waals surface area contributed by atoms with Gasteiger partial charge in [0, 0.05) is 13.1 Å². The fourth-order valence-electron chi connectivity index (χ4n) is 3.65. The van der Waals surface area contributed by atoms with Gasteiger partial charge in [0.1, 0.15) is 11.3 Å². The summed E-state index contributed by atoms with van der Waals surface area (Å²) in [5.74, 6) is 0.514. The van der Waals surface area contributed by atoms with E-state index in [0.29, 0.717) is 11.6 Å². The van der Waals surface area contributed by atoms with E-state index >= 15 is 0 Å². The van der Waals surface area contributed by atoms with E-state index in [9.17, 15) is 9.70 Å². The molecule has 150 valence electrons. The molecule has 1 aromatic carbocycles. The van der Waals surface area contributed by atoms with E-state index in [0.717, 1.165) is 45.2 Å². The standard InChI is InChI=1S/C22H34N2O3/c1-22(2,3)27-21(25)24-16-8-5-4-6-10-18(11-7-9-17-24)19-12-14-20(23-26)15-13-19/h12-15,18H,4-11,16-17H2,1-3H3. The fraction of sp³-hybridized carbons (Fsp3) is 0.682. The molecule has 5 nitrogen and oxygen atoms in total. The molecule has 5 heteroatoms. The molecule has 1 aromatic rings. The van der Waals surface area contributed by atoms with Gasteiger partial charge in [0.05, 0.1) is 0 Å². The molecule has 1 heterocycles. The Morgan fingerprint density at radius 1 is 0.963 bits per heavy atom. The maximum atomic E-state index is 12.4. The zero-order valence-corrected chi connectivity index (χ0v) is 17.1. The Morgan fingerprint density at radius 2 is 1.52 bits per heavy atom. The van der Waals surface area contributed by atoms with Gasteiger partial charge in [0.25, 0.3) is 0 Å². The number of carbonyl (C=O) groups excluding carboxylic acids is 1. The Kier molecular flexibility index (Phi) is 8.26. The molecule has 0 radical (unpaired) electrons. The normalized spacial score (nSPS) is 20.3. The highest BCUT2D eigenvalue weighted by molar-refractivity contribution is 5.68. The predicted molar refractivity (Wildman–Crippen MR) is 109 cm³/mol. The molecule has 1 fully saturated rings. The molecule has 1 aliphatic rings. The van der Waals surface area contributed by atoms with Gasteiger partial charge in [0.15, 0.2) is 0 Å². The lowest BCUT2D eigenvalue weighted by Crippen LogP contribution is -2.38. The lowest BCUT2D eigenvalue weighted by Gasteiger charge is -2.28. The third-order valence-corrected chi connectivity index (χ3v) is 5.08. The third-order valence-electron chi connectivity index (χ3n) is 5.08. The largest absolute Gasteiger partial charge is 0.444 e. The highest BCUT2D eigenvalue weighted by atomic mass is 16.6. The lowest BCUT2D eigenvalue weighted by molar-refractivity contribution is 0.0242. The number of nitroso groups, excluding NO2 is 1. The van der Waals surface area contributed by atoms with Gasteiger partial charge in [-0.05, 0) is 75.2 Å². The van der Waals surface area contributed by atoms with Gasteiger partial charge in [-0.2, -0.15) is 0 Å². The van der Waals surface area contributed by atoms with Crippen LogP contribution in [0.3, 0.4) is 0 Å². The number of benzene rings is 1. The topological polar surface area (TPSA) is 59.0 Å². The van der Waals surface area contributed by atoms with Crippen LogP contribution in [0.15, 0.2) is 29.4 Å². The third kappa shape index (κ3) is 7.69. The average molecular weight is 375 g/mol. The van der Waals surface area contributed by atoms with Crippen LogP contribution in [0, 0.1) is 4.91 Å². The molecule has 0 saturated carbocycles. The second kappa shape index (κ2) is 10.4. The Hall–Kier alpha value is -1.91. The van der Waals surface area contributed by atoms with E-state index in [1.165, 1.54) is 24.8 Å². The Labute approximate surface area is 163 Å². The monoisotopic (exact) mass is 374 g/mol. The quantitative estimate of drug-likeness (QED) is 0.552. The number of nitrogens with zero attached hydrogens (tertiary/aromatic N) is 2. The molecule has 0 aliphatic carbocycles. The smallest absolute Gasteiger partial charge is 0.410 e. The maximum absolute atomic E-state index is 12.4. The van der Waals surface area contributed by atoms with Gasteiger partial charge in [0.2, 0.25) is 0 Å². The molecule has 1 unspecified atom stereocenters. The highest BCUT2D eigenvalue weighted by Crippen LogP contribution is 2.30. The Bertz CT molecular complexity index is 593. The van der Waals surface area contributed by atoms with Crippen molar-refractivity contribution < 1.29 is 9.53 Å². The van der Waals surface area contributed by atoms with E-state index < -0.39 is 5.60 Å². The van der Waals surface area contributed by atoms with Crippen LogP contribution < -0.4 is 0 Å². The van der Waals surface area contributed by atoms with Crippen molar-refractivity contribution in [1.82, 2.24) is 4.90 Å². The summed E-state index contributed by atoms with van der Waals surface area (Å²) in [5, 5.41) is 2.99. The zero-order valence-electron chi connectivity index (χ0n) is 17.1. The summed E-state index contributed by atoms with van der Waals surface area (Å²) in [7, 11) is 0. The Balaban J connectivity index is 1.95. The van der Waals surface area contributed by atoms with E-state index in [1.807, 2.05) is 49.9 Å². The molecule has 0 N–H and O–H groups in total. The van der Waals surface area contributed by atoms with E-state index in [-0.39, 0.29) is 6.09 Å². The predicted octanol–water partition coefficient (Wildman–Crippen LogP) is 6.54. The first-order valence-electron chi connectivity index (χ1n) is 10.3. The zero-order chi connectivity index (χ0) is 19.7. The molecule has 1 atom stereocenters. The molecule has 1 aliphatic heterocycles. The number of hydrogen-bond acceptors (Lipinski definition) is 4. The van der Waals surface area contributed by atoms with Crippen LogP contribution in [0.5, 0.6) is 0 Å².